The van der Waals surface area contributed by atoms with Gasteiger partial charge in [0.25, 0.3) is 0 Å². The fourth-order valence-corrected chi connectivity index (χ4v) is 8.63. The monoisotopic (exact) mass is 729 g/mol. The Balaban J connectivity index is 1.04. The van der Waals surface area contributed by atoms with E-state index in [1.807, 2.05) is 60.7 Å². The van der Waals surface area contributed by atoms with Crippen LogP contribution in [0.25, 0.3) is 78.5 Å². The molecule has 0 atom stereocenters. The highest BCUT2D eigenvalue weighted by atomic mass is 16.4. The molecule has 1 aliphatic carbocycles. The van der Waals surface area contributed by atoms with Crippen molar-refractivity contribution in [1.82, 2.24) is 9.97 Å². The summed E-state index contributed by atoms with van der Waals surface area (Å²) in [6.07, 6.45) is 0. The number of aromatic nitrogens is 2. The first-order chi connectivity index (χ1) is 28.2. The van der Waals surface area contributed by atoms with Gasteiger partial charge in [0.15, 0.2) is 11.2 Å². The Hall–Kier alpha value is -7.81. The smallest absolute Gasteiger partial charge is 0.227 e. The summed E-state index contributed by atoms with van der Waals surface area (Å²) in [7, 11) is 0. The van der Waals surface area contributed by atoms with Crippen molar-refractivity contribution in [2.75, 3.05) is 0 Å². The summed E-state index contributed by atoms with van der Waals surface area (Å²) in [6.45, 7) is 0. The zero-order chi connectivity index (χ0) is 37.9. The molecule has 2 heterocycles. The second-order valence-electron chi connectivity index (χ2n) is 14.5. The van der Waals surface area contributed by atoms with Crippen molar-refractivity contribution in [3.8, 4) is 62.4 Å². The Morgan fingerprint density at radius 1 is 0.404 bits per heavy atom. The van der Waals surface area contributed by atoms with Gasteiger partial charge in [0, 0.05) is 11.1 Å². The summed E-state index contributed by atoms with van der Waals surface area (Å²) < 4.78 is 12.5. The molecule has 0 fully saturated rings. The minimum atomic E-state index is -0.609. The van der Waals surface area contributed by atoms with Crippen molar-refractivity contribution < 1.29 is 8.83 Å². The Kier molecular flexibility index (Phi) is 7.38. The molecule has 0 amide bonds. The van der Waals surface area contributed by atoms with E-state index >= 15 is 0 Å². The minimum absolute atomic E-state index is 0.536. The van der Waals surface area contributed by atoms with Crippen LogP contribution in [0.15, 0.2) is 197 Å². The largest absolute Gasteiger partial charge is 0.436 e. The van der Waals surface area contributed by atoms with Crippen LogP contribution in [0, 0.1) is 11.3 Å². The summed E-state index contributed by atoms with van der Waals surface area (Å²) in [6, 6.07) is 67.2. The maximum absolute atomic E-state index is 10.0. The van der Waals surface area contributed by atoms with E-state index in [1.165, 1.54) is 11.1 Å². The molecule has 266 valence electrons. The van der Waals surface area contributed by atoms with Gasteiger partial charge in [-0.25, -0.2) is 9.97 Å². The van der Waals surface area contributed by atoms with Gasteiger partial charge < -0.3 is 8.83 Å². The van der Waals surface area contributed by atoms with Crippen molar-refractivity contribution in [2.45, 2.75) is 5.41 Å². The van der Waals surface area contributed by atoms with Crippen LogP contribution in [0.5, 0.6) is 0 Å². The molecule has 0 saturated carbocycles. The van der Waals surface area contributed by atoms with E-state index in [-0.39, 0.29) is 0 Å². The van der Waals surface area contributed by atoms with Gasteiger partial charge in [-0.2, -0.15) is 5.26 Å². The molecule has 5 heteroatoms. The number of para-hydroxylation sites is 4. The fourth-order valence-electron chi connectivity index (χ4n) is 8.63. The van der Waals surface area contributed by atoms with Gasteiger partial charge in [-0.1, -0.05) is 127 Å². The summed E-state index contributed by atoms with van der Waals surface area (Å²) in [5.74, 6) is 1.07. The van der Waals surface area contributed by atoms with E-state index in [1.54, 1.807) is 0 Å². The van der Waals surface area contributed by atoms with Crippen molar-refractivity contribution in [1.29, 1.82) is 5.26 Å². The minimum Gasteiger partial charge on any atom is -0.436 e. The van der Waals surface area contributed by atoms with Gasteiger partial charge in [-0.05, 0) is 116 Å². The molecule has 11 rings (SSSR count). The average molecular weight is 730 g/mol. The third-order valence-electron chi connectivity index (χ3n) is 11.2. The second-order valence-corrected chi connectivity index (χ2v) is 14.5. The second kappa shape index (κ2) is 12.9. The Labute approximate surface area is 328 Å². The molecule has 10 aromatic rings. The van der Waals surface area contributed by atoms with E-state index < -0.39 is 5.41 Å². The lowest BCUT2D eigenvalue weighted by Gasteiger charge is -2.34. The summed E-state index contributed by atoms with van der Waals surface area (Å²) in [4.78, 5) is 9.65. The SMILES string of the molecule is N#Cc1ccc2c(c1)C(c1ccccc1)(c1ccccc1)c1cc(-c3ccc(-c4cc(-c5nc6ccccc6o5)cc(-c5nc6ccccc6o5)c4)cc3)ccc1-2. The first kappa shape index (κ1) is 32.6. The number of oxazole rings is 2. The highest BCUT2D eigenvalue weighted by Crippen LogP contribution is 2.57. The predicted molar refractivity (Wildman–Crippen MR) is 225 cm³/mol. The number of benzene rings is 8. The van der Waals surface area contributed by atoms with Crippen LogP contribution in [0.4, 0.5) is 0 Å². The van der Waals surface area contributed by atoms with E-state index in [0.717, 1.165) is 77.8 Å². The van der Waals surface area contributed by atoms with Crippen LogP contribution in [0.2, 0.25) is 0 Å². The summed E-state index contributed by atoms with van der Waals surface area (Å²) in [5, 5.41) is 10.0. The van der Waals surface area contributed by atoms with Crippen LogP contribution < -0.4 is 0 Å². The molecule has 0 unspecified atom stereocenters. The topological polar surface area (TPSA) is 75.8 Å². The van der Waals surface area contributed by atoms with Crippen molar-refractivity contribution >= 4 is 22.2 Å². The lowest BCUT2D eigenvalue weighted by molar-refractivity contribution is 0.617. The molecule has 0 radical (unpaired) electrons. The predicted octanol–water partition coefficient (Wildman–Crippen LogP) is 12.9. The number of nitrogens with zero attached hydrogens (tertiary/aromatic N) is 3. The molecule has 0 spiro atoms. The van der Waals surface area contributed by atoms with E-state index in [4.69, 9.17) is 18.8 Å². The third kappa shape index (κ3) is 5.23. The highest BCUT2D eigenvalue weighted by molar-refractivity contribution is 5.89. The van der Waals surface area contributed by atoms with E-state index in [9.17, 15) is 5.26 Å². The lowest BCUT2D eigenvalue weighted by Crippen LogP contribution is -2.28. The lowest BCUT2D eigenvalue weighted by atomic mass is 9.67. The normalized spacial score (nSPS) is 12.7. The van der Waals surface area contributed by atoms with Gasteiger partial charge in [0.2, 0.25) is 11.8 Å². The molecule has 0 aliphatic heterocycles. The van der Waals surface area contributed by atoms with Crippen LogP contribution in [0.3, 0.4) is 0 Å². The van der Waals surface area contributed by atoms with Crippen LogP contribution in [-0.2, 0) is 5.41 Å². The molecule has 0 saturated heterocycles. The van der Waals surface area contributed by atoms with Gasteiger partial charge in [-0.3, -0.25) is 0 Å². The fraction of sp³-hybridized carbons (Fsp3) is 0.0192. The number of fused-ring (bicyclic) bond motifs is 5. The summed E-state index contributed by atoms with van der Waals surface area (Å²) >= 11 is 0. The Morgan fingerprint density at radius 3 is 1.40 bits per heavy atom. The molecule has 0 N–H and O–H groups in total. The first-order valence-electron chi connectivity index (χ1n) is 18.9. The molecule has 1 aliphatic rings. The van der Waals surface area contributed by atoms with Gasteiger partial charge in [-0.15, -0.1) is 0 Å². The standard InChI is InChI=1S/C52H31N3O2/c53-32-33-19-25-42-43-26-24-36(31-45(43)52(44(42)27-33,40-11-3-1-4-12-40)41-13-5-2-6-14-41)34-20-22-35(23-21-34)37-28-38(50-54-46-15-7-9-17-48(46)56-50)30-39(29-37)51-55-47-16-8-10-18-49(47)57-51/h1-31H. The van der Waals surface area contributed by atoms with Gasteiger partial charge in [0.1, 0.15) is 11.0 Å². The molecular formula is C52H31N3O2. The molecule has 5 nitrogen and oxygen atoms in total. The van der Waals surface area contributed by atoms with Crippen molar-refractivity contribution in [3.63, 3.8) is 0 Å². The van der Waals surface area contributed by atoms with Crippen LogP contribution in [0.1, 0.15) is 27.8 Å². The number of rotatable bonds is 6. The maximum atomic E-state index is 10.0. The number of hydrogen-bond donors (Lipinski definition) is 0. The zero-order valence-corrected chi connectivity index (χ0v) is 30.6. The Bertz CT molecular complexity index is 2990. The molecule has 8 aromatic carbocycles. The quantitative estimate of drug-likeness (QED) is 0.170. The molecule has 57 heavy (non-hydrogen) atoms. The van der Waals surface area contributed by atoms with Crippen LogP contribution >= 0.6 is 0 Å². The highest BCUT2D eigenvalue weighted by Gasteiger charge is 2.46. The third-order valence-corrected chi connectivity index (χ3v) is 11.2. The molecule has 2 aromatic heterocycles. The number of nitriles is 1. The maximum Gasteiger partial charge on any atom is 0.227 e. The van der Waals surface area contributed by atoms with E-state index in [0.29, 0.717) is 17.3 Å². The Morgan fingerprint density at radius 2 is 0.860 bits per heavy atom. The summed E-state index contributed by atoms with van der Waals surface area (Å²) in [5.41, 5.74) is 16.0. The van der Waals surface area contributed by atoms with Crippen molar-refractivity contribution in [3.05, 3.63) is 216 Å². The van der Waals surface area contributed by atoms with Gasteiger partial charge in [0.05, 0.1) is 17.0 Å². The molecule has 0 bridgehead atoms. The average Bonchev–Trinajstić information content (AvgIpc) is 4.00. The zero-order valence-electron chi connectivity index (χ0n) is 30.6. The van der Waals surface area contributed by atoms with E-state index in [2.05, 4.69) is 133 Å². The number of hydrogen-bond acceptors (Lipinski definition) is 5. The molecular weight excluding hydrogens is 699 g/mol. The van der Waals surface area contributed by atoms with Crippen LogP contribution in [-0.4, -0.2) is 9.97 Å². The van der Waals surface area contributed by atoms with Gasteiger partial charge >= 0.3 is 0 Å². The van der Waals surface area contributed by atoms with Crippen molar-refractivity contribution in [2.24, 2.45) is 0 Å². The first-order valence-corrected chi connectivity index (χ1v) is 18.9.